The summed E-state index contributed by atoms with van der Waals surface area (Å²) in [6.07, 6.45) is 0. The molecule has 0 fully saturated rings. The number of rotatable bonds is 10. The summed E-state index contributed by atoms with van der Waals surface area (Å²) in [7, 11) is 3.16. The van der Waals surface area contributed by atoms with Crippen molar-refractivity contribution in [3.8, 4) is 28.6 Å². The summed E-state index contributed by atoms with van der Waals surface area (Å²) in [4.78, 5) is 23.4. The topological polar surface area (TPSA) is 117 Å². The van der Waals surface area contributed by atoms with E-state index in [1.165, 1.54) is 18.7 Å². The Hall–Kier alpha value is -3.86. The molecule has 0 aliphatic rings. The lowest BCUT2D eigenvalue weighted by Gasteiger charge is -2.10. The van der Waals surface area contributed by atoms with Gasteiger partial charge in [0.05, 0.1) is 25.7 Å². The largest absolute Gasteiger partial charge is 0.493 e. The lowest BCUT2D eigenvalue weighted by molar-refractivity contribution is -0.131. The second-order valence-corrected chi connectivity index (χ2v) is 8.20. The zero-order valence-corrected chi connectivity index (χ0v) is 21.0. The number of amides is 1. The van der Waals surface area contributed by atoms with Gasteiger partial charge in [-0.3, -0.25) is 9.59 Å². The molecule has 0 saturated heterocycles. The van der Waals surface area contributed by atoms with Crippen molar-refractivity contribution >= 4 is 29.4 Å². The van der Waals surface area contributed by atoms with Gasteiger partial charge in [0.2, 0.25) is 0 Å². The highest BCUT2D eigenvalue weighted by atomic mass is 32.2. The van der Waals surface area contributed by atoms with Crippen molar-refractivity contribution in [3.05, 3.63) is 48.0 Å². The number of hydrazone groups is 1. The molecule has 0 aliphatic heterocycles. The summed E-state index contributed by atoms with van der Waals surface area (Å²) in [6.45, 7) is 5.73. The Morgan fingerprint density at radius 2 is 1.74 bits per heavy atom. The predicted octanol–water partition coefficient (Wildman–Crippen LogP) is 3.54. The van der Waals surface area contributed by atoms with Gasteiger partial charge in [-0.05, 0) is 61.9 Å². The Kier molecular flexibility index (Phi) is 8.85. The van der Waals surface area contributed by atoms with Gasteiger partial charge in [-0.1, -0.05) is 11.8 Å². The fourth-order valence-electron chi connectivity index (χ4n) is 3.17. The number of aromatic nitrogens is 3. The van der Waals surface area contributed by atoms with Gasteiger partial charge < -0.3 is 18.8 Å². The third-order valence-corrected chi connectivity index (χ3v) is 5.86. The molecule has 1 heterocycles. The molecule has 0 atom stereocenters. The molecule has 0 unspecified atom stereocenters. The average Bonchev–Trinajstić information content (AvgIpc) is 3.28. The van der Waals surface area contributed by atoms with Crippen molar-refractivity contribution in [2.45, 2.75) is 32.5 Å². The van der Waals surface area contributed by atoms with Crippen molar-refractivity contribution in [2.75, 3.05) is 20.0 Å². The van der Waals surface area contributed by atoms with Crippen LogP contribution in [0, 0.1) is 0 Å². The first-order valence-corrected chi connectivity index (χ1v) is 11.7. The first-order chi connectivity index (χ1) is 16.9. The van der Waals surface area contributed by atoms with E-state index in [0.29, 0.717) is 40.5 Å². The first-order valence-electron chi connectivity index (χ1n) is 10.8. The summed E-state index contributed by atoms with van der Waals surface area (Å²) in [5.41, 5.74) is 4.79. The van der Waals surface area contributed by atoms with Crippen LogP contribution in [-0.4, -0.2) is 52.3 Å². The van der Waals surface area contributed by atoms with E-state index >= 15 is 0 Å². The van der Waals surface area contributed by atoms with Gasteiger partial charge in [-0.15, -0.1) is 10.2 Å². The van der Waals surface area contributed by atoms with Crippen LogP contribution in [0.2, 0.25) is 0 Å². The molecule has 1 amide bonds. The third kappa shape index (κ3) is 6.60. The van der Waals surface area contributed by atoms with Crippen molar-refractivity contribution < 1.29 is 23.8 Å². The molecule has 0 saturated carbocycles. The van der Waals surface area contributed by atoms with Crippen LogP contribution in [0.3, 0.4) is 0 Å². The highest BCUT2D eigenvalue weighted by Crippen LogP contribution is 2.32. The smallest absolute Gasteiger partial charge is 0.308 e. The molecule has 0 aliphatic carbocycles. The minimum absolute atomic E-state index is 0.117. The van der Waals surface area contributed by atoms with Crippen LogP contribution < -0.4 is 19.6 Å². The standard InChI is InChI=1S/C24H27N5O5S/c1-6-29-23(18-9-12-20(32-4)21(13-18)33-5)27-28-24(29)35-14-22(31)26-25-15(2)17-7-10-19(11-8-17)34-16(3)30/h7-13H,6,14H2,1-5H3,(H,26,31). The average molecular weight is 498 g/mol. The van der Waals surface area contributed by atoms with E-state index in [1.54, 1.807) is 45.4 Å². The van der Waals surface area contributed by atoms with Crippen LogP contribution >= 0.6 is 11.8 Å². The number of hydrogen-bond donors (Lipinski definition) is 1. The molecule has 10 nitrogen and oxygen atoms in total. The second kappa shape index (κ2) is 12.0. The van der Waals surface area contributed by atoms with Crippen LogP contribution in [0.5, 0.6) is 17.2 Å². The SMILES string of the molecule is CCn1c(SCC(=O)NN=C(C)c2ccc(OC(C)=O)cc2)nnc1-c1ccc(OC)c(OC)c1. The molecule has 1 N–H and O–H groups in total. The van der Waals surface area contributed by atoms with E-state index in [9.17, 15) is 9.59 Å². The van der Waals surface area contributed by atoms with Crippen molar-refractivity contribution in [2.24, 2.45) is 5.10 Å². The highest BCUT2D eigenvalue weighted by Gasteiger charge is 2.16. The predicted molar refractivity (Wildman–Crippen MR) is 133 cm³/mol. The first kappa shape index (κ1) is 25.8. The summed E-state index contributed by atoms with van der Waals surface area (Å²) in [6, 6.07) is 12.4. The van der Waals surface area contributed by atoms with Gasteiger partial charge in [0.15, 0.2) is 22.5 Å². The molecule has 184 valence electrons. The zero-order chi connectivity index (χ0) is 25.4. The minimum Gasteiger partial charge on any atom is -0.493 e. The van der Waals surface area contributed by atoms with E-state index in [4.69, 9.17) is 14.2 Å². The lowest BCUT2D eigenvalue weighted by atomic mass is 10.1. The summed E-state index contributed by atoms with van der Waals surface area (Å²) < 4.78 is 17.6. The molecule has 3 rings (SSSR count). The van der Waals surface area contributed by atoms with Gasteiger partial charge in [0.25, 0.3) is 5.91 Å². The normalized spacial score (nSPS) is 11.2. The fraction of sp³-hybridized carbons (Fsp3) is 0.292. The van der Waals surface area contributed by atoms with Gasteiger partial charge >= 0.3 is 5.97 Å². The number of hydrogen-bond acceptors (Lipinski definition) is 9. The summed E-state index contributed by atoms with van der Waals surface area (Å²) >= 11 is 1.27. The molecule has 0 spiro atoms. The Morgan fingerprint density at radius 3 is 2.37 bits per heavy atom. The number of carbonyl (C=O) groups excluding carboxylic acids is 2. The number of methoxy groups -OCH3 is 2. The molecular formula is C24H27N5O5S. The monoisotopic (exact) mass is 497 g/mol. The maximum atomic E-state index is 12.4. The van der Waals surface area contributed by atoms with Crippen LogP contribution in [0.4, 0.5) is 0 Å². The summed E-state index contributed by atoms with van der Waals surface area (Å²) in [5, 5.41) is 13.3. The maximum absolute atomic E-state index is 12.4. The number of nitrogens with one attached hydrogen (secondary N) is 1. The number of nitrogens with zero attached hydrogens (tertiary/aromatic N) is 4. The third-order valence-electron chi connectivity index (χ3n) is 4.89. The molecule has 35 heavy (non-hydrogen) atoms. The number of thioether (sulfide) groups is 1. The summed E-state index contributed by atoms with van der Waals surface area (Å²) in [5.74, 6) is 1.79. The maximum Gasteiger partial charge on any atom is 0.308 e. The van der Waals surface area contributed by atoms with Crippen molar-refractivity contribution in [1.82, 2.24) is 20.2 Å². The Bertz CT molecular complexity index is 1220. The Balaban J connectivity index is 1.63. The van der Waals surface area contributed by atoms with Crippen LogP contribution in [-0.2, 0) is 16.1 Å². The molecular weight excluding hydrogens is 470 g/mol. The van der Waals surface area contributed by atoms with Gasteiger partial charge in [0.1, 0.15) is 5.75 Å². The quantitative estimate of drug-likeness (QED) is 0.149. The highest BCUT2D eigenvalue weighted by molar-refractivity contribution is 7.99. The second-order valence-electron chi connectivity index (χ2n) is 7.26. The Morgan fingerprint density at radius 1 is 1.03 bits per heavy atom. The van der Waals surface area contributed by atoms with Crippen LogP contribution in [0.15, 0.2) is 52.7 Å². The fourth-order valence-corrected chi connectivity index (χ4v) is 3.97. The number of benzene rings is 2. The molecule has 1 aromatic heterocycles. The van der Waals surface area contributed by atoms with E-state index in [1.807, 2.05) is 29.7 Å². The van der Waals surface area contributed by atoms with E-state index in [0.717, 1.165) is 11.1 Å². The van der Waals surface area contributed by atoms with Crippen molar-refractivity contribution in [3.63, 3.8) is 0 Å². The molecule has 2 aromatic carbocycles. The van der Waals surface area contributed by atoms with Crippen LogP contribution in [0.25, 0.3) is 11.4 Å². The number of ether oxygens (including phenoxy) is 3. The van der Waals surface area contributed by atoms with E-state index in [-0.39, 0.29) is 17.6 Å². The molecule has 3 aromatic rings. The van der Waals surface area contributed by atoms with Crippen molar-refractivity contribution in [1.29, 1.82) is 0 Å². The number of esters is 1. The van der Waals surface area contributed by atoms with Gasteiger partial charge in [-0.25, -0.2) is 5.43 Å². The van der Waals surface area contributed by atoms with E-state index < -0.39 is 0 Å². The van der Waals surface area contributed by atoms with Gasteiger partial charge in [-0.2, -0.15) is 5.10 Å². The molecule has 11 heteroatoms. The zero-order valence-electron chi connectivity index (χ0n) is 20.2. The van der Waals surface area contributed by atoms with Crippen LogP contribution in [0.1, 0.15) is 26.3 Å². The van der Waals surface area contributed by atoms with Gasteiger partial charge in [0, 0.05) is 19.0 Å². The number of carbonyl (C=O) groups is 2. The molecule has 0 bridgehead atoms. The molecule has 0 radical (unpaired) electrons. The lowest BCUT2D eigenvalue weighted by Crippen LogP contribution is -2.21. The minimum atomic E-state index is -0.386. The van der Waals surface area contributed by atoms with E-state index in [2.05, 4.69) is 20.7 Å². The Labute approximate surface area is 207 Å².